The van der Waals surface area contributed by atoms with Crippen molar-refractivity contribution < 1.29 is 0 Å². The van der Waals surface area contributed by atoms with Crippen LogP contribution in [0.15, 0.2) is 18.2 Å². The molecule has 0 radical (unpaired) electrons. The van der Waals surface area contributed by atoms with E-state index in [0.29, 0.717) is 10.0 Å². The molecule has 6 heteroatoms. The summed E-state index contributed by atoms with van der Waals surface area (Å²) in [6, 6.07) is 5.41. The molecular weight excluding hydrogens is 277 g/mol. The maximum atomic E-state index is 6.20. The Hall–Kier alpha value is -0.680. The van der Waals surface area contributed by atoms with Gasteiger partial charge in [-0.2, -0.15) is 0 Å². The van der Waals surface area contributed by atoms with Gasteiger partial charge >= 0.3 is 0 Å². The molecule has 1 atom stereocenters. The summed E-state index contributed by atoms with van der Waals surface area (Å²) in [4.78, 5) is 1.05. The number of hydrogen-bond donors (Lipinski definition) is 1. The van der Waals surface area contributed by atoms with Gasteiger partial charge in [-0.1, -0.05) is 27.7 Å². The highest BCUT2D eigenvalue weighted by Crippen LogP contribution is 2.32. The molecule has 0 bridgehead atoms. The standard InChI is InChI=1S/C11H11Cl2N3S/c1-6-11(17-16-15-6)10(14-2)8-5-7(12)3-4-9(8)13/h3-5,10,14H,1-2H3. The second-order valence-corrected chi connectivity index (χ2v) is 5.24. The molecule has 0 fully saturated rings. The van der Waals surface area contributed by atoms with Gasteiger partial charge < -0.3 is 5.32 Å². The predicted molar refractivity (Wildman–Crippen MR) is 72.0 cm³/mol. The van der Waals surface area contributed by atoms with E-state index >= 15 is 0 Å². The number of rotatable bonds is 3. The Morgan fingerprint density at radius 2 is 2.12 bits per heavy atom. The molecule has 1 aromatic carbocycles. The summed E-state index contributed by atoms with van der Waals surface area (Å²) in [6.45, 7) is 1.93. The molecule has 90 valence electrons. The molecule has 0 aliphatic rings. The van der Waals surface area contributed by atoms with E-state index in [4.69, 9.17) is 23.2 Å². The van der Waals surface area contributed by atoms with Gasteiger partial charge in [0.15, 0.2) is 0 Å². The van der Waals surface area contributed by atoms with Gasteiger partial charge in [0, 0.05) is 10.0 Å². The van der Waals surface area contributed by atoms with Crippen LogP contribution < -0.4 is 5.32 Å². The molecule has 1 aromatic heterocycles. The first kappa shape index (κ1) is 12.8. The summed E-state index contributed by atoms with van der Waals surface area (Å²) >= 11 is 13.6. The number of hydrogen-bond acceptors (Lipinski definition) is 4. The zero-order valence-corrected chi connectivity index (χ0v) is 11.7. The molecule has 3 nitrogen and oxygen atoms in total. The molecule has 0 spiro atoms. The fourth-order valence-corrected chi connectivity index (χ4v) is 2.85. The Morgan fingerprint density at radius 3 is 2.71 bits per heavy atom. The largest absolute Gasteiger partial charge is 0.309 e. The minimum atomic E-state index is -0.0267. The molecule has 2 aromatic rings. The van der Waals surface area contributed by atoms with Crippen molar-refractivity contribution in [2.75, 3.05) is 7.05 Å². The molecule has 0 aliphatic heterocycles. The third-order valence-corrected chi connectivity index (χ3v) is 3.98. The lowest BCUT2D eigenvalue weighted by Gasteiger charge is -2.16. The average Bonchev–Trinajstić information content (AvgIpc) is 2.71. The van der Waals surface area contributed by atoms with E-state index < -0.39 is 0 Å². The van der Waals surface area contributed by atoms with Crippen molar-refractivity contribution in [2.45, 2.75) is 13.0 Å². The van der Waals surface area contributed by atoms with E-state index in [1.54, 1.807) is 12.1 Å². The molecule has 0 saturated heterocycles. The van der Waals surface area contributed by atoms with Gasteiger partial charge in [0.2, 0.25) is 0 Å². The first-order chi connectivity index (χ1) is 8.13. The molecule has 17 heavy (non-hydrogen) atoms. The van der Waals surface area contributed by atoms with Crippen molar-refractivity contribution in [1.29, 1.82) is 0 Å². The minimum absolute atomic E-state index is 0.0267. The van der Waals surface area contributed by atoms with E-state index in [-0.39, 0.29) is 6.04 Å². The van der Waals surface area contributed by atoms with Crippen molar-refractivity contribution >= 4 is 34.7 Å². The van der Waals surface area contributed by atoms with Gasteiger partial charge in [0.25, 0.3) is 0 Å². The van der Waals surface area contributed by atoms with Gasteiger partial charge in [-0.25, -0.2) is 0 Å². The highest BCUT2D eigenvalue weighted by molar-refractivity contribution is 7.05. The monoisotopic (exact) mass is 287 g/mol. The summed E-state index contributed by atoms with van der Waals surface area (Å²) in [5.41, 5.74) is 1.85. The van der Waals surface area contributed by atoms with E-state index in [1.165, 1.54) is 11.5 Å². The summed E-state index contributed by atoms with van der Waals surface area (Å²) < 4.78 is 3.94. The van der Waals surface area contributed by atoms with Crippen LogP contribution in [0.4, 0.5) is 0 Å². The lowest BCUT2D eigenvalue weighted by atomic mass is 10.0. The summed E-state index contributed by atoms with van der Waals surface area (Å²) in [5, 5.41) is 8.58. The molecule has 0 saturated carbocycles. The normalized spacial score (nSPS) is 12.7. The van der Waals surface area contributed by atoms with Crippen molar-refractivity contribution in [3.05, 3.63) is 44.4 Å². The van der Waals surface area contributed by atoms with Crippen LogP contribution in [0, 0.1) is 6.92 Å². The Bertz CT molecular complexity index is 527. The number of nitrogens with zero attached hydrogens (tertiary/aromatic N) is 2. The predicted octanol–water partition coefficient (Wildman–Crippen LogP) is 3.46. The van der Waals surface area contributed by atoms with E-state index in [1.807, 2.05) is 20.0 Å². The Morgan fingerprint density at radius 1 is 1.35 bits per heavy atom. The number of aryl methyl sites for hydroxylation is 1. The SMILES string of the molecule is CNC(c1cc(Cl)ccc1Cl)c1snnc1C. The van der Waals surface area contributed by atoms with Gasteiger partial charge in [-0.05, 0) is 49.3 Å². The zero-order valence-electron chi connectivity index (χ0n) is 9.37. The number of halogens is 2. The Kier molecular flexibility index (Phi) is 3.99. The summed E-state index contributed by atoms with van der Waals surface area (Å²) in [6.07, 6.45) is 0. The summed E-state index contributed by atoms with van der Waals surface area (Å²) in [7, 11) is 1.88. The molecule has 1 unspecified atom stereocenters. The summed E-state index contributed by atoms with van der Waals surface area (Å²) in [5.74, 6) is 0. The van der Waals surface area contributed by atoms with Crippen LogP contribution in [-0.4, -0.2) is 16.6 Å². The highest BCUT2D eigenvalue weighted by Gasteiger charge is 2.20. The van der Waals surface area contributed by atoms with Gasteiger partial charge in [-0.15, -0.1) is 5.10 Å². The van der Waals surface area contributed by atoms with Crippen molar-refractivity contribution in [2.24, 2.45) is 0 Å². The van der Waals surface area contributed by atoms with Crippen LogP contribution in [0.5, 0.6) is 0 Å². The van der Waals surface area contributed by atoms with E-state index in [9.17, 15) is 0 Å². The van der Waals surface area contributed by atoms with Crippen molar-refractivity contribution in [3.63, 3.8) is 0 Å². The first-order valence-corrected chi connectivity index (χ1v) is 6.57. The van der Waals surface area contributed by atoms with Crippen molar-refractivity contribution in [1.82, 2.24) is 14.9 Å². The molecular formula is C11H11Cl2N3S. The molecule has 1 N–H and O–H groups in total. The number of nitrogens with one attached hydrogen (secondary N) is 1. The van der Waals surface area contributed by atoms with Crippen LogP contribution in [0.1, 0.15) is 22.2 Å². The van der Waals surface area contributed by atoms with Crippen LogP contribution in [0.2, 0.25) is 10.0 Å². The molecule has 0 amide bonds. The second kappa shape index (κ2) is 5.31. The molecule has 2 rings (SSSR count). The van der Waals surface area contributed by atoms with Crippen LogP contribution in [0.3, 0.4) is 0 Å². The maximum Gasteiger partial charge on any atom is 0.0776 e. The molecule has 0 aliphatic carbocycles. The smallest absolute Gasteiger partial charge is 0.0776 e. The van der Waals surface area contributed by atoms with Crippen LogP contribution in [-0.2, 0) is 0 Å². The Labute approximate surface area is 114 Å². The quantitative estimate of drug-likeness (QED) is 0.939. The third kappa shape index (κ3) is 2.60. The minimum Gasteiger partial charge on any atom is -0.309 e. The zero-order chi connectivity index (χ0) is 12.4. The van der Waals surface area contributed by atoms with Crippen molar-refractivity contribution in [3.8, 4) is 0 Å². The van der Waals surface area contributed by atoms with Crippen LogP contribution >= 0.6 is 34.7 Å². The lowest BCUT2D eigenvalue weighted by molar-refractivity contribution is 0.697. The number of aromatic nitrogens is 2. The average molecular weight is 288 g/mol. The molecule has 1 heterocycles. The lowest BCUT2D eigenvalue weighted by Crippen LogP contribution is -2.17. The van der Waals surface area contributed by atoms with Gasteiger partial charge in [-0.3, -0.25) is 0 Å². The van der Waals surface area contributed by atoms with Gasteiger partial charge in [0.1, 0.15) is 0 Å². The maximum absolute atomic E-state index is 6.20. The first-order valence-electron chi connectivity index (χ1n) is 5.04. The van der Waals surface area contributed by atoms with Gasteiger partial charge in [0.05, 0.1) is 16.6 Å². The fourth-order valence-electron chi connectivity index (χ4n) is 1.67. The topological polar surface area (TPSA) is 37.8 Å². The fraction of sp³-hybridized carbons (Fsp3) is 0.273. The van der Waals surface area contributed by atoms with Crippen LogP contribution in [0.25, 0.3) is 0 Å². The van der Waals surface area contributed by atoms with E-state index in [2.05, 4.69) is 14.9 Å². The Balaban J connectivity index is 2.49. The highest BCUT2D eigenvalue weighted by atomic mass is 35.5. The number of benzene rings is 1. The van der Waals surface area contributed by atoms with E-state index in [0.717, 1.165) is 16.1 Å². The second-order valence-electron chi connectivity index (χ2n) is 3.61. The third-order valence-electron chi connectivity index (χ3n) is 2.51.